The van der Waals surface area contributed by atoms with Crippen LogP contribution in [0.25, 0.3) is 0 Å². The van der Waals surface area contributed by atoms with E-state index in [1.54, 1.807) is 0 Å². The molecule has 1 N–H and O–H groups in total. The first-order valence-corrected chi connectivity index (χ1v) is 6.30. The zero-order valence-electron chi connectivity index (χ0n) is 10.3. The van der Waals surface area contributed by atoms with Crippen LogP contribution in [0.3, 0.4) is 0 Å². The summed E-state index contributed by atoms with van der Waals surface area (Å²) in [7, 11) is 0. The molecule has 0 bridgehead atoms. The van der Waals surface area contributed by atoms with Crippen molar-refractivity contribution in [3.63, 3.8) is 0 Å². The van der Waals surface area contributed by atoms with Gasteiger partial charge in [-0.1, -0.05) is 0 Å². The molecule has 1 aromatic heterocycles. The van der Waals surface area contributed by atoms with Crippen molar-refractivity contribution in [2.45, 2.75) is 25.4 Å². The lowest BCUT2D eigenvalue weighted by atomic mass is 10.0. The van der Waals surface area contributed by atoms with Gasteiger partial charge in [-0.3, -0.25) is 9.78 Å². The predicted octanol–water partition coefficient (Wildman–Crippen LogP) is 1.04. The smallest absolute Gasteiger partial charge is 0.256 e. The number of rotatable bonds is 1. The average molecular weight is 249 g/mol. The van der Waals surface area contributed by atoms with Gasteiger partial charge in [0.05, 0.1) is 11.8 Å². The molecule has 2 saturated heterocycles. The maximum atomic E-state index is 13.1. The summed E-state index contributed by atoms with van der Waals surface area (Å²) >= 11 is 0. The number of aromatic nitrogens is 1. The number of hydrogen-bond donors (Lipinski definition) is 1. The number of pyridine rings is 1. The van der Waals surface area contributed by atoms with E-state index in [1.807, 2.05) is 4.90 Å². The molecule has 18 heavy (non-hydrogen) atoms. The highest BCUT2D eigenvalue weighted by Gasteiger charge is 2.44. The van der Waals surface area contributed by atoms with Crippen LogP contribution < -0.4 is 5.32 Å². The van der Waals surface area contributed by atoms with E-state index in [-0.39, 0.29) is 18.0 Å². The summed E-state index contributed by atoms with van der Waals surface area (Å²) in [6.45, 7) is 3.87. The molecule has 4 nitrogen and oxygen atoms in total. The van der Waals surface area contributed by atoms with Crippen molar-refractivity contribution in [3.05, 3.63) is 29.8 Å². The van der Waals surface area contributed by atoms with E-state index in [0.29, 0.717) is 11.5 Å². The molecule has 0 aliphatic carbocycles. The fourth-order valence-electron chi connectivity index (χ4n) is 3.19. The highest BCUT2D eigenvalue weighted by Crippen LogP contribution is 2.33. The topological polar surface area (TPSA) is 45.2 Å². The first kappa shape index (κ1) is 11.6. The highest BCUT2D eigenvalue weighted by atomic mass is 19.1. The lowest BCUT2D eigenvalue weighted by Gasteiger charge is -2.27. The number of likely N-dealkylation sites (tertiary alicyclic amines) is 1. The summed E-state index contributed by atoms with van der Waals surface area (Å²) in [5.41, 5.74) is 0.342. The van der Waals surface area contributed by atoms with Gasteiger partial charge in [0.1, 0.15) is 5.82 Å². The van der Waals surface area contributed by atoms with Crippen LogP contribution in [-0.2, 0) is 0 Å². The van der Waals surface area contributed by atoms with Crippen molar-refractivity contribution in [2.75, 3.05) is 13.1 Å². The number of hydrogen-bond acceptors (Lipinski definition) is 3. The van der Waals surface area contributed by atoms with Crippen LogP contribution in [0.4, 0.5) is 4.39 Å². The fourth-order valence-corrected chi connectivity index (χ4v) is 3.19. The summed E-state index contributed by atoms with van der Waals surface area (Å²) in [5, 5.41) is 3.31. The standard InChI is InChI=1S/C13H16FN3O/c1-8-2-9-4-16-7-12(9)17(8)13(18)10-3-11(14)6-15-5-10/h3,5-6,8-9,12,16H,2,4,7H2,1H3. The van der Waals surface area contributed by atoms with Crippen molar-refractivity contribution in [1.29, 1.82) is 0 Å². The number of carbonyl (C=O) groups is 1. The van der Waals surface area contributed by atoms with Crippen LogP contribution in [-0.4, -0.2) is 41.0 Å². The normalized spacial score (nSPS) is 30.6. The number of carbonyl (C=O) groups excluding carboxylic acids is 1. The molecule has 5 heteroatoms. The lowest BCUT2D eigenvalue weighted by molar-refractivity contribution is 0.0681. The Bertz CT molecular complexity index is 479. The minimum atomic E-state index is -0.464. The predicted molar refractivity (Wildman–Crippen MR) is 64.6 cm³/mol. The number of nitrogens with zero attached hydrogens (tertiary/aromatic N) is 2. The van der Waals surface area contributed by atoms with Crippen LogP contribution in [0.1, 0.15) is 23.7 Å². The third-order valence-corrected chi connectivity index (χ3v) is 3.97. The van der Waals surface area contributed by atoms with E-state index >= 15 is 0 Å². The Kier molecular flexibility index (Phi) is 2.78. The first-order valence-electron chi connectivity index (χ1n) is 6.30. The molecule has 2 aliphatic rings. The minimum Gasteiger partial charge on any atom is -0.331 e. The molecule has 3 rings (SSSR count). The molecule has 2 fully saturated rings. The summed E-state index contributed by atoms with van der Waals surface area (Å²) in [5.74, 6) is -0.0371. The third-order valence-electron chi connectivity index (χ3n) is 3.97. The number of halogens is 1. The second-order valence-corrected chi connectivity index (χ2v) is 5.17. The summed E-state index contributed by atoms with van der Waals surface area (Å²) in [6, 6.07) is 1.73. The molecule has 3 atom stereocenters. The maximum absolute atomic E-state index is 13.1. The zero-order chi connectivity index (χ0) is 12.7. The third kappa shape index (κ3) is 1.79. The maximum Gasteiger partial charge on any atom is 0.256 e. The van der Waals surface area contributed by atoms with Gasteiger partial charge >= 0.3 is 0 Å². The fraction of sp³-hybridized carbons (Fsp3) is 0.538. The van der Waals surface area contributed by atoms with E-state index < -0.39 is 5.82 Å². The molecule has 1 amide bonds. The Balaban J connectivity index is 1.87. The Hall–Kier alpha value is -1.49. The van der Waals surface area contributed by atoms with Gasteiger partial charge < -0.3 is 10.2 Å². The summed E-state index contributed by atoms with van der Waals surface area (Å²) in [4.78, 5) is 18.1. The summed E-state index contributed by atoms with van der Waals surface area (Å²) in [6.07, 6.45) is 3.57. The molecule has 3 heterocycles. The molecule has 96 valence electrons. The molecular weight excluding hydrogens is 233 g/mol. The van der Waals surface area contributed by atoms with E-state index in [4.69, 9.17) is 0 Å². The lowest BCUT2D eigenvalue weighted by Crippen LogP contribution is -2.42. The van der Waals surface area contributed by atoms with Crippen LogP contribution in [0.15, 0.2) is 18.5 Å². The molecule has 1 aromatic rings. The zero-order valence-corrected chi connectivity index (χ0v) is 10.3. The highest BCUT2D eigenvalue weighted by molar-refractivity contribution is 5.94. The monoisotopic (exact) mass is 249 g/mol. The van der Waals surface area contributed by atoms with E-state index in [2.05, 4.69) is 17.2 Å². The molecule has 0 aromatic carbocycles. The van der Waals surface area contributed by atoms with Gasteiger partial charge in [0, 0.05) is 31.4 Å². The quantitative estimate of drug-likeness (QED) is 0.809. The van der Waals surface area contributed by atoms with Crippen molar-refractivity contribution in [2.24, 2.45) is 5.92 Å². The number of amides is 1. The minimum absolute atomic E-state index is 0.106. The SMILES string of the molecule is CC1CC2CNCC2N1C(=O)c1cncc(F)c1. The van der Waals surface area contributed by atoms with E-state index in [9.17, 15) is 9.18 Å². The van der Waals surface area contributed by atoms with Gasteiger partial charge in [-0.05, 0) is 25.3 Å². The van der Waals surface area contributed by atoms with Gasteiger partial charge in [0.25, 0.3) is 5.91 Å². The van der Waals surface area contributed by atoms with E-state index in [0.717, 1.165) is 25.7 Å². The van der Waals surface area contributed by atoms with Crippen LogP contribution in [0.2, 0.25) is 0 Å². The largest absolute Gasteiger partial charge is 0.331 e. The average Bonchev–Trinajstić information content (AvgIpc) is 2.88. The molecule has 2 aliphatic heterocycles. The Morgan fingerprint density at radius 1 is 1.50 bits per heavy atom. The van der Waals surface area contributed by atoms with E-state index in [1.165, 1.54) is 12.3 Å². The molecular formula is C13H16FN3O. The molecule has 3 unspecified atom stereocenters. The van der Waals surface area contributed by atoms with Gasteiger partial charge in [0.15, 0.2) is 0 Å². The van der Waals surface area contributed by atoms with Gasteiger partial charge in [-0.15, -0.1) is 0 Å². The van der Waals surface area contributed by atoms with Crippen molar-refractivity contribution in [3.8, 4) is 0 Å². The first-order chi connectivity index (χ1) is 8.66. The summed E-state index contributed by atoms with van der Waals surface area (Å²) < 4.78 is 13.1. The van der Waals surface area contributed by atoms with Crippen LogP contribution in [0, 0.1) is 11.7 Å². The molecule has 0 spiro atoms. The van der Waals surface area contributed by atoms with Gasteiger partial charge in [0.2, 0.25) is 0 Å². The van der Waals surface area contributed by atoms with Gasteiger partial charge in [-0.25, -0.2) is 4.39 Å². The Morgan fingerprint density at radius 2 is 2.33 bits per heavy atom. The van der Waals surface area contributed by atoms with Crippen molar-refractivity contribution in [1.82, 2.24) is 15.2 Å². The van der Waals surface area contributed by atoms with Crippen molar-refractivity contribution >= 4 is 5.91 Å². The second kappa shape index (κ2) is 4.31. The number of nitrogens with one attached hydrogen (secondary N) is 1. The van der Waals surface area contributed by atoms with Gasteiger partial charge in [-0.2, -0.15) is 0 Å². The van der Waals surface area contributed by atoms with Crippen molar-refractivity contribution < 1.29 is 9.18 Å². The Morgan fingerprint density at radius 3 is 3.11 bits per heavy atom. The Labute approximate surface area is 105 Å². The number of fused-ring (bicyclic) bond motifs is 1. The van der Waals surface area contributed by atoms with Crippen LogP contribution >= 0.6 is 0 Å². The molecule has 0 radical (unpaired) electrons. The second-order valence-electron chi connectivity index (χ2n) is 5.17. The van der Waals surface area contributed by atoms with Crippen LogP contribution in [0.5, 0.6) is 0 Å². The molecule has 0 saturated carbocycles.